The number of anilines is 2. The summed E-state index contributed by atoms with van der Waals surface area (Å²) in [5, 5.41) is 8.93. The second kappa shape index (κ2) is 5.90. The number of para-hydroxylation sites is 1. The Morgan fingerprint density at radius 2 is 1.89 bits per heavy atom. The van der Waals surface area contributed by atoms with Crippen molar-refractivity contribution < 1.29 is 0 Å². The molecule has 0 heterocycles. The maximum atomic E-state index is 8.93. The molecule has 2 aromatic carbocycles. The smallest absolute Gasteiger partial charge is 0.0992 e. The molecular formula is C16H15BrN2. The van der Waals surface area contributed by atoms with E-state index in [1.54, 1.807) is 0 Å². The summed E-state index contributed by atoms with van der Waals surface area (Å²) in [5.41, 5.74) is 4.17. The zero-order valence-corrected chi connectivity index (χ0v) is 12.6. The van der Waals surface area contributed by atoms with Gasteiger partial charge in [-0.25, -0.2) is 0 Å². The number of nitriles is 1. The zero-order valence-electron chi connectivity index (χ0n) is 11.0. The third kappa shape index (κ3) is 2.80. The van der Waals surface area contributed by atoms with Crippen LogP contribution >= 0.6 is 15.9 Å². The Kier molecular flexibility index (Phi) is 4.24. The summed E-state index contributed by atoms with van der Waals surface area (Å²) >= 11 is 3.56. The molecule has 19 heavy (non-hydrogen) atoms. The summed E-state index contributed by atoms with van der Waals surface area (Å²) in [4.78, 5) is 2.24. The molecule has 96 valence electrons. The molecule has 0 aliphatic rings. The lowest BCUT2D eigenvalue weighted by Gasteiger charge is -2.26. The summed E-state index contributed by atoms with van der Waals surface area (Å²) in [7, 11) is 0. The highest BCUT2D eigenvalue weighted by molar-refractivity contribution is 9.10. The van der Waals surface area contributed by atoms with Crippen LogP contribution in [0.1, 0.15) is 18.1 Å². The molecule has 2 nitrogen and oxygen atoms in total. The van der Waals surface area contributed by atoms with Crippen molar-refractivity contribution in [3.05, 3.63) is 58.1 Å². The van der Waals surface area contributed by atoms with Gasteiger partial charge in [-0.05, 0) is 59.6 Å². The lowest BCUT2D eigenvalue weighted by Crippen LogP contribution is -2.17. The van der Waals surface area contributed by atoms with E-state index >= 15 is 0 Å². The summed E-state index contributed by atoms with van der Waals surface area (Å²) in [6.45, 7) is 5.10. The molecule has 0 saturated carbocycles. The number of hydrogen-bond donors (Lipinski definition) is 0. The van der Waals surface area contributed by atoms with Crippen LogP contribution < -0.4 is 4.90 Å². The Bertz CT molecular complexity index is 629. The molecule has 0 N–H and O–H groups in total. The van der Waals surface area contributed by atoms with Crippen LogP contribution in [0.2, 0.25) is 0 Å². The Labute approximate surface area is 122 Å². The molecular weight excluding hydrogens is 300 g/mol. The zero-order chi connectivity index (χ0) is 13.8. The van der Waals surface area contributed by atoms with Gasteiger partial charge in [-0.15, -0.1) is 0 Å². The van der Waals surface area contributed by atoms with E-state index in [-0.39, 0.29) is 0 Å². The Morgan fingerprint density at radius 1 is 1.16 bits per heavy atom. The minimum Gasteiger partial charge on any atom is -0.341 e. The molecule has 0 fully saturated rings. The van der Waals surface area contributed by atoms with Crippen molar-refractivity contribution in [2.75, 3.05) is 11.4 Å². The first-order valence-corrected chi connectivity index (χ1v) is 6.99. The molecule has 0 atom stereocenters. The van der Waals surface area contributed by atoms with E-state index in [0.717, 1.165) is 16.7 Å². The molecule has 0 saturated heterocycles. The molecule has 0 aliphatic heterocycles. The number of rotatable bonds is 3. The number of benzene rings is 2. The lowest BCUT2D eigenvalue weighted by atomic mass is 10.1. The average molecular weight is 315 g/mol. The van der Waals surface area contributed by atoms with Crippen molar-refractivity contribution >= 4 is 27.3 Å². The van der Waals surface area contributed by atoms with Gasteiger partial charge < -0.3 is 4.90 Å². The van der Waals surface area contributed by atoms with Gasteiger partial charge in [0.1, 0.15) is 0 Å². The van der Waals surface area contributed by atoms with Gasteiger partial charge in [0.05, 0.1) is 17.3 Å². The van der Waals surface area contributed by atoms with Crippen LogP contribution in [-0.2, 0) is 0 Å². The van der Waals surface area contributed by atoms with Gasteiger partial charge in [-0.1, -0.05) is 18.2 Å². The number of aryl methyl sites for hydroxylation is 1. The molecule has 2 aromatic rings. The van der Waals surface area contributed by atoms with Crippen molar-refractivity contribution in [1.29, 1.82) is 5.26 Å². The fraction of sp³-hybridized carbons (Fsp3) is 0.188. The first-order chi connectivity index (χ1) is 9.17. The maximum absolute atomic E-state index is 8.93. The van der Waals surface area contributed by atoms with E-state index in [4.69, 9.17) is 5.26 Å². The molecule has 3 heteroatoms. The minimum absolute atomic E-state index is 0.663. The summed E-state index contributed by atoms with van der Waals surface area (Å²) in [6.07, 6.45) is 0. The SMILES string of the molecule is CCN(c1ccccc1C)c1ccc(C#N)cc1Br. The second-order valence-electron chi connectivity index (χ2n) is 4.31. The van der Waals surface area contributed by atoms with Gasteiger partial charge in [0, 0.05) is 16.7 Å². The lowest BCUT2D eigenvalue weighted by molar-refractivity contribution is 1.01. The first kappa shape index (κ1) is 13.6. The standard InChI is InChI=1S/C16H15BrN2/c1-3-19(15-7-5-4-6-12(15)2)16-9-8-13(11-18)10-14(16)17/h4-10H,3H2,1-2H3. The summed E-state index contributed by atoms with van der Waals surface area (Å²) in [5.74, 6) is 0. The molecule has 0 unspecified atom stereocenters. The Balaban J connectivity index is 2.49. The van der Waals surface area contributed by atoms with E-state index in [1.165, 1.54) is 11.3 Å². The Morgan fingerprint density at radius 3 is 2.47 bits per heavy atom. The van der Waals surface area contributed by atoms with Crippen LogP contribution in [0.25, 0.3) is 0 Å². The number of halogens is 1. The summed E-state index contributed by atoms with van der Waals surface area (Å²) in [6, 6.07) is 16.2. The minimum atomic E-state index is 0.663. The largest absolute Gasteiger partial charge is 0.341 e. The van der Waals surface area contributed by atoms with Crippen molar-refractivity contribution in [2.45, 2.75) is 13.8 Å². The molecule has 0 aromatic heterocycles. The monoisotopic (exact) mass is 314 g/mol. The highest BCUT2D eigenvalue weighted by Gasteiger charge is 2.12. The van der Waals surface area contributed by atoms with E-state index in [2.05, 4.69) is 52.9 Å². The molecule has 0 amide bonds. The second-order valence-corrected chi connectivity index (χ2v) is 5.16. The van der Waals surface area contributed by atoms with Crippen LogP contribution in [-0.4, -0.2) is 6.54 Å². The van der Waals surface area contributed by atoms with Crippen LogP contribution in [0.15, 0.2) is 46.9 Å². The third-order valence-corrected chi connectivity index (χ3v) is 3.73. The quantitative estimate of drug-likeness (QED) is 0.814. The number of nitrogens with zero attached hydrogens (tertiary/aromatic N) is 2. The van der Waals surface area contributed by atoms with Gasteiger partial charge in [0.25, 0.3) is 0 Å². The van der Waals surface area contributed by atoms with Gasteiger partial charge in [0.2, 0.25) is 0 Å². The third-order valence-electron chi connectivity index (χ3n) is 3.09. The fourth-order valence-corrected chi connectivity index (χ4v) is 2.72. The Hall–Kier alpha value is -1.79. The van der Waals surface area contributed by atoms with Crippen molar-refractivity contribution in [2.24, 2.45) is 0 Å². The predicted octanol–water partition coefficient (Wildman–Crippen LogP) is 4.79. The van der Waals surface area contributed by atoms with Crippen LogP contribution in [0.4, 0.5) is 11.4 Å². The van der Waals surface area contributed by atoms with Gasteiger partial charge in [0.15, 0.2) is 0 Å². The van der Waals surface area contributed by atoms with E-state index in [9.17, 15) is 0 Å². The maximum Gasteiger partial charge on any atom is 0.0992 e. The molecule has 0 radical (unpaired) electrons. The van der Waals surface area contributed by atoms with Crippen molar-refractivity contribution in [3.63, 3.8) is 0 Å². The first-order valence-electron chi connectivity index (χ1n) is 6.20. The van der Waals surface area contributed by atoms with Crippen LogP contribution in [0, 0.1) is 18.3 Å². The van der Waals surface area contributed by atoms with E-state index in [1.807, 2.05) is 30.3 Å². The summed E-state index contributed by atoms with van der Waals surface area (Å²) < 4.78 is 0.941. The van der Waals surface area contributed by atoms with E-state index in [0.29, 0.717) is 5.56 Å². The average Bonchev–Trinajstić information content (AvgIpc) is 2.43. The number of hydrogen-bond acceptors (Lipinski definition) is 2. The van der Waals surface area contributed by atoms with Gasteiger partial charge >= 0.3 is 0 Å². The van der Waals surface area contributed by atoms with Gasteiger partial charge in [-0.3, -0.25) is 0 Å². The van der Waals surface area contributed by atoms with Gasteiger partial charge in [-0.2, -0.15) is 5.26 Å². The normalized spacial score (nSPS) is 10.0. The molecule has 0 aliphatic carbocycles. The van der Waals surface area contributed by atoms with E-state index < -0.39 is 0 Å². The topological polar surface area (TPSA) is 27.0 Å². The highest BCUT2D eigenvalue weighted by atomic mass is 79.9. The van der Waals surface area contributed by atoms with Crippen molar-refractivity contribution in [1.82, 2.24) is 0 Å². The molecule has 0 spiro atoms. The molecule has 2 rings (SSSR count). The molecule has 0 bridgehead atoms. The predicted molar refractivity (Wildman–Crippen MR) is 82.7 cm³/mol. The fourth-order valence-electron chi connectivity index (χ4n) is 2.13. The van der Waals surface area contributed by atoms with Crippen molar-refractivity contribution in [3.8, 4) is 6.07 Å². The van der Waals surface area contributed by atoms with Crippen LogP contribution in [0.5, 0.6) is 0 Å². The van der Waals surface area contributed by atoms with Crippen LogP contribution in [0.3, 0.4) is 0 Å². The highest BCUT2D eigenvalue weighted by Crippen LogP contribution is 2.34.